The molecule has 2 unspecified atom stereocenters. The Labute approximate surface area is 116 Å². The Morgan fingerprint density at radius 3 is 3.11 bits per heavy atom. The van der Waals surface area contributed by atoms with Gasteiger partial charge in [-0.3, -0.25) is 0 Å². The maximum atomic E-state index is 6.79. The minimum absolute atomic E-state index is 0.165. The summed E-state index contributed by atoms with van der Waals surface area (Å²) in [5.74, 6) is 1.88. The van der Waals surface area contributed by atoms with Gasteiger partial charge in [-0.15, -0.1) is 0 Å². The highest BCUT2D eigenvalue weighted by Gasteiger charge is 2.36. The smallest absolute Gasteiger partial charge is 0.127 e. The second kappa shape index (κ2) is 5.16. The number of benzene rings is 1. The summed E-state index contributed by atoms with van der Waals surface area (Å²) in [6, 6.07) is 6.55. The average molecular weight is 259 g/mol. The molecule has 1 aliphatic carbocycles. The molecule has 2 N–H and O–H groups in total. The molecule has 19 heavy (non-hydrogen) atoms. The summed E-state index contributed by atoms with van der Waals surface area (Å²) >= 11 is 0. The van der Waals surface area contributed by atoms with Gasteiger partial charge in [0.1, 0.15) is 5.75 Å². The van der Waals surface area contributed by atoms with Crippen LogP contribution in [-0.4, -0.2) is 6.61 Å². The quantitative estimate of drug-likeness (QED) is 0.877. The zero-order chi connectivity index (χ0) is 13.3. The van der Waals surface area contributed by atoms with Crippen molar-refractivity contribution < 1.29 is 4.74 Å². The Bertz CT molecular complexity index is 457. The molecule has 0 bridgehead atoms. The molecule has 1 aliphatic heterocycles. The largest absolute Gasteiger partial charge is 0.493 e. The molecule has 0 aromatic heterocycles. The van der Waals surface area contributed by atoms with Crippen LogP contribution in [0, 0.1) is 5.92 Å². The van der Waals surface area contributed by atoms with Crippen LogP contribution in [0.15, 0.2) is 18.2 Å². The van der Waals surface area contributed by atoms with Gasteiger partial charge in [0, 0.05) is 11.1 Å². The molecule has 2 atom stereocenters. The highest BCUT2D eigenvalue weighted by atomic mass is 16.5. The van der Waals surface area contributed by atoms with Crippen molar-refractivity contribution in [3.63, 3.8) is 0 Å². The van der Waals surface area contributed by atoms with Crippen molar-refractivity contribution in [2.24, 2.45) is 11.7 Å². The van der Waals surface area contributed by atoms with Gasteiger partial charge in [-0.25, -0.2) is 0 Å². The molecular weight excluding hydrogens is 234 g/mol. The summed E-state index contributed by atoms with van der Waals surface area (Å²) in [4.78, 5) is 0. The summed E-state index contributed by atoms with van der Waals surface area (Å²) in [7, 11) is 0. The third kappa shape index (κ3) is 2.38. The van der Waals surface area contributed by atoms with Crippen LogP contribution in [0.1, 0.15) is 56.6 Å². The van der Waals surface area contributed by atoms with Crippen molar-refractivity contribution in [1.82, 2.24) is 0 Å². The van der Waals surface area contributed by atoms with Gasteiger partial charge >= 0.3 is 0 Å². The van der Waals surface area contributed by atoms with Crippen LogP contribution in [0.25, 0.3) is 0 Å². The van der Waals surface area contributed by atoms with Gasteiger partial charge < -0.3 is 10.5 Å². The van der Waals surface area contributed by atoms with E-state index in [4.69, 9.17) is 10.5 Å². The first-order valence-electron chi connectivity index (χ1n) is 7.77. The first-order valence-corrected chi connectivity index (χ1v) is 7.77. The molecule has 0 amide bonds. The highest BCUT2D eigenvalue weighted by Crippen LogP contribution is 2.44. The van der Waals surface area contributed by atoms with Gasteiger partial charge in [0.05, 0.1) is 6.61 Å². The highest BCUT2D eigenvalue weighted by molar-refractivity contribution is 5.46. The molecule has 104 valence electrons. The zero-order valence-corrected chi connectivity index (χ0v) is 12.0. The maximum absolute atomic E-state index is 6.79. The molecule has 0 spiro atoms. The summed E-state index contributed by atoms with van der Waals surface area (Å²) in [5.41, 5.74) is 9.25. The number of hydrogen-bond donors (Lipinski definition) is 1. The third-order valence-electron chi connectivity index (χ3n) is 4.94. The lowest BCUT2D eigenvalue weighted by atomic mass is 9.71. The standard InChI is InChI=1S/C17H25NO/c1-2-13-6-4-10-17(18,12-13)15-9-3-7-14-8-5-11-19-16(14)15/h3,7,9,13H,2,4-6,8,10-12,18H2,1H3. The summed E-state index contributed by atoms with van der Waals surface area (Å²) in [6.45, 7) is 3.13. The molecule has 2 heteroatoms. The molecule has 0 saturated heterocycles. The molecule has 1 aromatic carbocycles. The van der Waals surface area contributed by atoms with Crippen LogP contribution in [0.4, 0.5) is 0 Å². The number of para-hydroxylation sites is 1. The van der Waals surface area contributed by atoms with E-state index in [1.807, 2.05) is 0 Å². The van der Waals surface area contributed by atoms with Crippen molar-refractivity contribution in [2.75, 3.05) is 6.61 Å². The van der Waals surface area contributed by atoms with E-state index in [0.29, 0.717) is 0 Å². The number of aryl methyl sites for hydroxylation is 1. The maximum Gasteiger partial charge on any atom is 0.127 e. The second-order valence-electron chi connectivity index (χ2n) is 6.27. The predicted octanol–water partition coefficient (Wildman–Crippen LogP) is 3.77. The van der Waals surface area contributed by atoms with E-state index in [1.165, 1.54) is 30.4 Å². The molecule has 1 heterocycles. The summed E-state index contributed by atoms with van der Waals surface area (Å²) in [5, 5.41) is 0. The van der Waals surface area contributed by atoms with Crippen molar-refractivity contribution >= 4 is 0 Å². The lowest BCUT2D eigenvalue weighted by molar-refractivity contribution is 0.208. The number of fused-ring (bicyclic) bond motifs is 1. The minimum Gasteiger partial charge on any atom is -0.493 e. The van der Waals surface area contributed by atoms with Gasteiger partial charge in [-0.2, -0.15) is 0 Å². The second-order valence-corrected chi connectivity index (χ2v) is 6.27. The van der Waals surface area contributed by atoms with Crippen molar-refractivity contribution in [3.8, 4) is 5.75 Å². The fourth-order valence-electron chi connectivity index (χ4n) is 3.80. The number of nitrogens with two attached hydrogens (primary N) is 1. The first-order chi connectivity index (χ1) is 9.23. The molecule has 1 aromatic rings. The van der Waals surface area contributed by atoms with Gasteiger partial charge in [0.25, 0.3) is 0 Å². The van der Waals surface area contributed by atoms with E-state index >= 15 is 0 Å². The Balaban J connectivity index is 1.96. The molecule has 1 saturated carbocycles. The first kappa shape index (κ1) is 13.0. The van der Waals surface area contributed by atoms with Crippen LogP contribution >= 0.6 is 0 Å². The van der Waals surface area contributed by atoms with Gasteiger partial charge in [0.2, 0.25) is 0 Å². The Kier molecular flexibility index (Phi) is 3.53. The lowest BCUT2D eigenvalue weighted by Crippen LogP contribution is -2.42. The monoisotopic (exact) mass is 259 g/mol. The fourth-order valence-corrected chi connectivity index (χ4v) is 3.80. The van der Waals surface area contributed by atoms with Crippen LogP contribution in [-0.2, 0) is 12.0 Å². The summed E-state index contributed by atoms with van der Waals surface area (Å²) < 4.78 is 5.96. The van der Waals surface area contributed by atoms with Crippen LogP contribution in [0.2, 0.25) is 0 Å². The summed E-state index contributed by atoms with van der Waals surface area (Å²) in [6.07, 6.45) is 8.31. The molecule has 1 fully saturated rings. The molecule has 2 nitrogen and oxygen atoms in total. The predicted molar refractivity (Wildman–Crippen MR) is 78.4 cm³/mol. The van der Waals surface area contributed by atoms with Gasteiger partial charge in [-0.05, 0) is 37.2 Å². The van der Waals surface area contributed by atoms with Crippen molar-refractivity contribution in [3.05, 3.63) is 29.3 Å². The molecule has 3 rings (SSSR count). The number of ether oxygens (including phenoxy) is 1. The Morgan fingerprint density at radius 2 is 2.26 bits per heavy atom. The average Bonchev–Trinajstić information content (AvgIpc) is 2.46. The van der Waals surface area contributed by atoms with Crippen molar-refractivity contribution in [2.45, 2.75) is 57.4 Å². The van der Waals surface area contributed by atoms with E-state index in [0.717, 1.165) is 44.0 Å². The van der Waals surface area contributed by atoms with E-state index in [2.05, 4.69) is 25.1 Å². The molecule has 0 radical (unpaired) electrons. The lowest BCUT2D eigenvalue weighted by Gasteiger charge is -2.40. The van der Waals surface area contributed by atoms with Crippen LogP contribution in [0.5, 0.6) is 5.75 Å². The van der Waals surface area contributed by atoms with Gasteiger partial charge in [0.15, 0.2) is 0 Å². The van der Waals surface area contributed by atoms with E-state index in [1.54, 1.807) is 0 Å². The van der Waals surface area contributed by atoms with E-state index < -0.39 is 0 Å². The molecule has 2 aliphatic rings. The topological polar surface area (TPSA) is 35.2 Å². The normalized spacial score (nSPS) is 30.5. The SMILES string of the molecule is CCC1CCCC(N)(c2cccc3c2OCCC3)C1. The zero-order valence-electron chi connectivity index (χ0n) is 12.0. The van der Waals surface area contributed by atoms with E-state index in [-0.39, 0.29) is 5.54 Å². The van der Waals surface area contributed by atoms with Gasteiger partial charge in [-0.1, -0.05) is 44.4 Å². The minimum atomic E-state index is -0.165. The third-order valence-corrected chi connectivity index (χ3v) is 4.94. The Hall–Kier alpha value is -1.02. The van der Waals surface area contributed by atoms with Crippen LogP contribution in [0.3, 0.4) is 0 Å². The van der Waals surface area contributed by atoms with Crippen LogP contribution < -0.4 is 10.5 Å². The Morgan fingerprint density at radius 1 is 1.37 bits per heavy atom. The fraction of sp³-hybridized carbons (Fsp3) is 0.647. The number of rotatable bonds is 2. The molecular formula is C17H25NO. The van der Waals surface area contributed by atoms with E-state index in [9.17, 15) is 0 Å². The van der Waals surface area contributed by atoms with Crippen molar-refractivity contribution in [1.29, 1.82) is 0 Å². The number of hydrogen-bond acceptors (Lipinski definition) is 2.